The molecule has 6 N–H and O–H groups in total. The molecule has 144 valence electrons. The van der Waals surface area contributed by atoms with Gasteiger partial charge >= 0.3 is 0 Å². The van der Waals surface area contributed by atoms with Crippen molar-refractivity contribution in [3.8, 4) is 5.75 Å². The maximum Gasteiger partial charge on any atom is 0.213 e. The molecule has 1 aromatic heterocycles. The first-order chi connectivity index (χ1) is 13.5. The van der Waals surface area contributed by atoms with Crippen LogP contribution in [0.5, 0.6) is 5.75 Å². The Hall–Kier alpha value is -3.74. The Balaban J connectivity index is 0.00000136. The van der Waals surface area contributed by atoms with Crippen LogP contribution in [0.2, 0.25) is 0 Å². The Morgan fingerprint density at radius 2 is 1.71 bits per heavy atom. The smallest absolute Gasteiger partial charge is 0.213 e. The molecule has 3 aromatic rings. The van der Waals surface area contributed by atoms with Gasteiger partial charge < -0.3 is 15.8 Å². The third kappa shape index (κ3) is 4.50. The Morgan fingerprint density at radius 3 is 2.32 bits per heavy atom. The molecule has 2 aromatic carbocycles. The molecule has 0 bridgehead atoms. The van der Waals surface area contributed by atoms with Gasteiger partial charge in [-0.15, -0.1) is 0 Å². The molecule has 0 saturated heterocycles. The number of nitrogens with one attached hydrogen (secondary N) is 3. The molecule has 0 atom stereocenters. The zero-order valence-electron chi connectivity index (χ0n) is 15.6. The van der Waals surface area contributed by atoms with Crippen molar-refractivity contribution in [2.75, 3.05) is 0 Å². The molecule has 6 nitrogen and oxygen atoms in total. The molecule has 1 heterocycles. The normalized spacial score (nSPS) is 10.8. The number of aliphatic imine (C=N–C) groups is 1. The highest BCUT2D eigenvalue weighted by Gasteiger charge is 2.19. The lowest BCUT2D eigenvalue weighted by Gasteiger charge is -2.10. The van der Waals surface area contributed by atoms with E-state index in [-0.39, 0.29) is 23.0 Å². The number of aromatic amines is 1. The molecule has 28 heavy (non-hydrogen) atoms. The van der Waals surface area contributed by atoms with Gasteiger partial charge in [-0.05, 0) is 18.2 Å². The fraction of sp³-hybridized carbons (Fsp3) is 0.0952. The summed E-state index contributed by atoms with van der Waals surface area (Å²) in [7, 11) is 0. The van der Waals surface area contributed by atoms with Crippen LogP contribution >= 0.6 is 0 Å². The first-order valence-electron chi connectivity index (χ1n) is 8.71. The molecular formula is C21H22FN5O. The summed E-state index contributed by atoms with van der Waals surface area (Å²) in [4.78, 5) is 7.07. The summed E-state index contributed by atoms with van der Waals surface area (Å²) in [5.41, 5.74) is 7.34. The fourth-order valence-electron chi connectivity index (χ4n) is 2.61. The first kappa shape index (κ1) is 20.6. The van der Waals surface area contributed by atoms with Gasteiger partial charge in [-0.3, -0.25) is 10.8 Å². The summed E-state index contributed by atoms with van der Waals surface area (Å²) < 4.78 is 14.2. The van der Waals surface area contributed by atoms with Crippen molar-refractivity contribution in [1.29, 1.82) is 10.8 Å². The van der Waals surface area contributed by atoms with Crippen LogP contribution in [-0.2, 0) is 0 Å². The lowest BCUT2D eigenvalue weighted by molar-refractivity contribution is 0.469. The number of phenols is 1. The van der Waals surface area contributed by atoms with Crippen molar-refractivity contribution in [1.82, 2.24) is 4.98 Å². The Labute approximate surface area is 162 Å². The average molecular weight is 379 g/mol. The van der Waals surface area contributed by atoms with E-state index in [1.165, 1.54) is 12.1 Å². The van der Waals surface area contributed by atoms with Crippen molar-refractivity contribution in [2.45, 2.75) is 13.8 Å². The number of nitrogens with two attached hydrogens (primary N) is 1. The summed E-state index contributed by atoms with van der Waals surface area (Å²) in [5.74, 6) is -1.30. The summed E-state index contributed by atoms with van der Waals surface area (Å²) >= 11 is 0. The number of rotatable bonds is 4. The molecule has 0 aliphatic rings. The zero-order valence-corrected chi connectivity index (χ0v) is 15.6. The number of hydrogen-bond acceptors (Lipinski definition) is 3. The van der Waals surface area contributed by atoms with Gasteiger partial charge in [0.05, 0.1) is 17.1 Å². The van der Waals surface area contributed by atoms with Gasteiger partial charge in [-0.2, -0.15) is 0 Å². The number of phenolic OH excluding ortho intramolecular Hbond substituents is 1. The largest absolute Gasteiger partial charge is 0.508 e. The maximum atomic E-state index is 14.2. The number of aromatic hydroxyl groups is 1. The van der Waals surface area contributed by atoms with Crippen molar-refractivity contribution >= 4 is 17.4 Å². The topological polar surface area (TPSA) is 122 Å². The summed E-state index contributed by atoms with van der Waals surface area (Å²) in [5, 5.41) is 25.3. The highest BCUT2D eigenvalue weighted by molar-refractivity contribution is 6.23. The van der Waals surface area contributed by atoms with Gasteiger partial charge in [0.25, 0.3) is 0 Å². The predicted molar refractivity (Wildman–Crippen MR) is 110 cm³/mol. The van der Waals surface area contributed by atoms with E-state index in [2.05, 4.69) is 9.98 Å². The number of halogens is 1. The number of H-pyrrole nitrogens is 1. The SMILES string of the molecule is CC.N=C(N)/N=C(/c1ccccc1)c1[nH]ccc1C(=N)c1ccc(O)cc1F. The van der Waals surface area contributed by atoms with E-state index in [0.717, 1.165) is 6.07 Å². The van der Waals surface area contributed by atoms with Crippen LogP contribution in [0, 0.1) is 16.6 Å². The average Bonchev–Trinajstić information content (AvgIpc) is 3.17. The highest BCUT2D eigenvalue weighted by atomic mass is 19.1. The highest BCUT2D eigenvalue weighted by Crippen LogP contribution is 2.22. The van der Waals surface area contributed by atoms with E-state index in [0.29, 0.717) is 22.5 Å². The third-order valence-corrected chi connectivity index (χ3v) is 3.75. The van der Waals surface area contributed by atoms with Crippen LogP contribution in [0.15, 0.2) is 65.8 Å². The second kappa shape index (κ2) is 9.27. The Kier molecular flexibility index (Phi) is 6.81. The molecule has 0 fully saturated rings. The summed E-state index contributed by atoms with van der Waals surface area (Å²) in [6, 6.07) is 14.3. The molecule has 0 aliphatic carbocycles. The van der Waals surface area contributed by atoms with Gasteiger partial charge in [-0.25, -0.2) is 9.38 Å². The second-order valence-corrected chi connectivity index (χ2v) is 5.52. The minimum atomic E-state index is -0.702. The zero-order chi connectivity index (χ0) is 20.7. The lowest BCUT2D eigenvalue weighted by atomic mass is 9.97. The first-order valence-corrected chi connectivity index (χ1v) is 8.71. The van der Waals surface area contributed by atoms with Crippen LogP contribution in [0.4, 0.5) is 4.39 Å². The standard InChI is InChI=1S/C19H16FN5O.C2H6/c20-15-10-12(26)6-7-13(15)16(21)14-8-9-24-18(14)17(25-19(22)23)11-4-2-1-3-5-11;1-2/h1-10,21,24,26H,(H3,22,23);1-2H3/b21-16?,25-17-;. The quantitative estimate of drug-likeness (QED) is 0.347. The second-order valence-electron chi connectivity index (χ2n) is 5.52. The Morgan fingerprint density at radius 1 is 1.04 bits per heavy atom. The van der Waals surface area contributed by atoms with E-state index < -0.39 is 5.82 Å². The third-order valence-electron chi connectivity index (χ3n) is 3.75. The molecule has 0 amide bonds. The molecular weight excluding hydrogens is 357 g/mol. The predicted octanol–water partition coefficient (Wildman–Crippen LogP) is 4.03. The monoisotopic (exact) mass is 379 g/mol. The number of hydrogen-bond donors (Lipinski definition) is 5. The molecule has 0 saturated carbocycles. The number of aromatic nitrogens is 1. The van der Waals surface area contributed by atoms with Crippen molar-refractivity contribution in [2.24, 2.45) is 10.7 Å². The van der Waals surface area contributed by atoms with E-state index in [4.69, 9.17) is 16.6 Å². The molecule has 0 spiro atoms. The molecule has 3 rings (SSSR count). The van der Waals surface area contributed by atoms with Gasteiger partial charge in [-0.1, -0.05) is 44.2 Å². The van der Waals surface area contributed by atoms with Gasteiger partial charge in [0.2, 0.25) is 5.96 Å². The molecule has 0 radical (unpaired) electrons. The van der Waals surface area contributed by atoms with Gasteiger partial charge in [0.15, 0.2) is 0 Å². The van der Waals surface area contributed by atoms with Crippen LogP contribution < -0.4 is 5.73 Å². The van der Waals surface area contributed by atoms with Crippen LogP contribution in [-0.4, -0.2) is 27.5 Å². The minimum absolute atomic E-state index is 0.0406. The van der Waals surface area contributed by atoms with Gasteiger partial charge in [0.1, 0.15) is 11.6 Å². The van der Waals surface area contributed by atoms with Crippen LogP contribution in [0.25, 0.3) is 0 Å². The molecule has 7 heteroatoms. The summed E-state index contributed by atoms with van der Waals surface area (Å²) in [6.45, 7) is 4.00. The molecule has 0 aliphatic heterocycles. The number of benzene rings is 2. The van der Waals surface area contributed by atoms with E-state index in [1.807, 2.05) is 32.0 Å². The van der Waals surface area contributed by atoms with Crippen LogP contribution in [0.3, 0.4) is 0 Å². The fourth-order valence-corrected chi connectivity index (χ4v) is 2.61. The summed E-state index contributed by atoms with van der Waals surface area (Å²) in [6.07, 6.45) is 1.61. The maximum absolute atomic E-state index is 14.2. The van der Waals surface area contributed by atoms with E-state index in [9.17, 15) is 9.50 Å². The van der Waals surface area contributed by atoms with Crippen molar-refractivity contribution in [3.05, 3.63) is 89.0 Å². The van der Waals surface area contributed by atoms with E-state index >= 15 is 0 Å². The number of guanidine groups is 1. The van der Waals surface area contributed by atoms with Crippen molar-refractivity contribution in [3.63, 3.8) is 0 Å². The lowest BCUT2D eigenvalue weighted by Crippen LogP contribution is -2.16. The molecule has 0 unspecified atom stereocenters. The van der Waals surface area contributed by atoms with Gasteiger partial charge in [0, 0.05) is 29.0 Å². The minimum Gasteiger partial charge on any atom is -0.508 e. The number of nitrogens with zero attached hydrogens (tertiary/aromatic N) is 1. The van der Waals surface area contributed by atoms with E-state index in [1.54, 1.807) is 24.4 Å². The Bertz CT molecular complexity index is 1010. The van der Waals surface area contributed by atoms with Crippen molar-refractivity contribution < 1.29 is 9.50 Å². The van der Waals surface area contributed by atoms with Crippen LogP contribution in [0.1, 0.15) is 36.2 Å².